The van der Waals surface area contributed by atoms with E-state index in [0.29, 0.717) is 37.6 Å². The smallest absolute Gasteiger partial charge is 0.332 e. The molecule has 9 nitrogen and oxygen atoms in total. The monoisotopic (exact) mass is 420 g/mol. The van der Waals surface area contributed by atoms with Crippen LogP contribution >= 0.6 is 0 Å². The maximum atomic E-state index is 12.8. The number of carbonyl (C=O) groups is 1. The highest BCUT2D eigenvalue weighted by atomic mass is 16.2. The molecule has 4 heterocycles. The van der Waals surface area contributed by atoms with Crippen molar-refractivity contribution in [2.24, 2.45) is 12.5 Å². The summed E-state index contributed by atoms with van der Waals surface area (Å²) in [5.74, 6) is 0.511. The van der Waals surface area contributed by atoms with E-state index < -0.39 is 11.1 Å². The quantitative estimate of drug-likeness (QED) is 0.578. The molecule has 1 unspecified atom stereocenters. The number of aromatic nitrogens is 5. The lowest BCUT2D eigenvalue weighted by Crippen LogP contribution is -2.43. The molecule has 1 spiro atoms. The molecule has 0 bridgehead atoms. The molecule has 2 aliphatic heterocycles. The van der Waals surface area contributed by atoms with Crippen molar-refractivity contribution in [3.8, 4) is 0 Å². The Balaban J connectivity index is 1.39. The number of fused-ring (bicyclic) bond motifs is 1. The van der Waals surface area contributed by atoms with Gasteiger partial charge in [0.25, 0.3) is 5.91 Å². The van der Waals surface area contributed by atoms with E-state index in [9.17, 15) is 14.4 Å². The van der Waals surface area contributed by atoms with E-state index in [1.165, 1.54) is 9.25 Å². The third-order valence-electron chi connectivity index (χ3n) is 6.35. The van der Waals surface area contributed by atoms with Gasteiger partial charge in [-0.1, -0.05) is 29.8 Å². The van der Waals surface area contributed by atoms with Crippen LogP contribution in [0.15, 0.2) is 46.1 Å². The molecule has 3 aromatic rings. The summed E-state index contributed by atoms with van der Waals surface area (Å²) in [6.45, 7) is 3.81. The molecule has 9 heteroatoms. The topological polar surface area (TPSA) is 95.0 Å². The number of benzene rings is 1. The first-order valence-electron chi connectivity index (χ1n) is 10.4. The number of aryl methyl sites for hydroxylation is 2. The summed E-state index contributed by atoms with van der Waals surface area (Å²) in [6.07, 6.45) is 3.08. The van der Waals surface area contributed by atoms with Gasteiger partial charge >= 0.3 is 11.1 Å². The molecule has 0 aliphatic carbocycles. The van der Waals surface area contributed by atoms with E-state index in [0.717, 1.165) is 17.5 Å². The predicted molar refractivity (Wildman–Crippen MR) is 113 cm³/mol. The van der Waals surface area contributed by atoms with Crippen LogP contribution in [-0.4, -0.2) is 48.0 Å². The summed E-state index contributed by atoms with van der Waals surface area (Å²) in [4.78, 5) is 40.0. The molecule has 0 N–H and O–H groups in total. The van der Waals surface area contributed by atoms with Crippen LogP contribution in [0.1, 0.15) is 33.9 Å². The van der Waals surface area contributed by atoms with Crippen LogP contribution in [0.3, 0.4) is 0 Å². The summed E-state index contributed by atoms with van der Waals surface area (Å²) >= 11 is 0. The highest BCUT2D eigenvalue weighted by Gasteiger charge is 2.46. The van der Waals surface area contributed by atoms with E-state index in [2.05, 4.69) is 10.2 Å². The SMILES string of the molecule is Cc1ccc(Cn2nc3n(c(=O)c2=O)CC2(CCN(C(=O)c4ccn(C)n4)C2)C3)cc1. The zero-order chi connectivity index (χ0) is 21.8. The van der Waals surface area contributed by atoms with Gasteiger partial charge in [-0.05, 0) is 25.0 Å². The third kappa shape index (κ3) is 3.39. The van der Waals surface area contributed by atoms with Crippen LogP contribution in [0.2, 0.25) is 0 Å². The Labute approximate surface area is 178 Å². The fourth-order valence-corrected chi connectivity index (χ4v) is 4.65. The lowest BCUT2D eigenvalue weighted by molar-refractivity contribution is 0.0765. The number of nitrogens with zero attached hydrogens (tertiary/aromatic N) is 6. The minimum Gasteiger partial charge on any atom is -0.337 e. The molecule has 1 fully saturated rings. The van der Waals surface area contributed by atoms with E-state index in [1.54, 1.807) is 28.9 Å². The summed E-state index contributed by atoms with van der Waals surface area (Å²) in [5.41, 5.74) is 1.06. The fourth-order valence-electron chi connectivity index (χ4n) is 4.65. The minimum absolute atomic E-state index is 0.104. The van der Waals surface area contributed by atoms with Crippen LogP contribution in [0.25, 0.3) is 0 Å². The van der Waals surface area contributed by atoms with Crippen molar-refractivity contribution in [1.29, 1.82) is 0 Å². The summed E-state index contributed by atoms with van der Waals surface area (Å²) in [7, 11) is 1.78. The second-order valence-corrected chi connectivity index (χ2v) is 8.78. The van der Waals surface area contributed by atoms with E-state index in [1.807, 2.05) is 31.2 Å². The average molecular weight is 420 g/mol. The number of hydrogen-bond acceptors (Lipinski definition) is 5. The standard InChI is InChI=1S/C22H24N6O3/c1-15-3-5-16(6-4-15)12-28-21(31)20(30)27-14-22(11-18(27)24-28)8-10-26(13-22)19(29)17-7-9-25(2)23-17/h3-7,9H,8,10-14H2,1-2H3. The lowest BCUT2D eigenvalue weighted by atomic mass is 9.86. The molecule has 1 aromatic carbocycles. The number of rotatable bonds is 3. The first-order valence-corrected chi connectivity index (χ1v) is 10.4. The van der Waals surface area contributed by atoms with Crippen molar-refractivity contribution in [3.05, 3.63) is 79.9 Å². The van der Waals surface area contributed by atoms with Crippen molar-refractivity contribution < 1.29 is 4.79 Å². The van der Waals surface area contributed by atoms with Crippen LogP contribution in [0, 0.1) is 12.3 Å². The van der Waals surface area contributed by atoms with Crippen LogP contribution in [0.5, 0.6) is 0 Å². The molecule has 1 amide bonds. The largest absolute Gasteiger partial charge is 0.337 e. The fraction of sp³-hybridized carbons (Fsp3) is 0.409. The molecule has 1 atom stereocenters. The maximum absolute atomic E-state index is 12.8. The van der Waals surface area contributed by atoms with E-state index >= 15 is 0 Å². The molecule has 0 saturated carbocycles. The molecular formula is C22H24N6O3. The van der Waals surface area contributed by atoms with Crippen molar-refractivity contribution in [2.75, 3.05) is 13.1 Å². The molecule has 2 aromatic heterocycles. The van der Waals surface area contributed by atoms with Gasteiger partial charge < -0.3 is 4.90 Å². The zero-order valence-electron chi connectivity index (χ0n) is 17.6. The van der Waals surface area contributed by atoms with E-state index in [-0.39, 0.29) is 17.9 Å². The molecule has 2 aliphatic rings. The Hall–Kier alpha value is -3.49. The van der Waals surface area contributed by atoms with Crippen molar-refractivity contribution >= 4 is 5.91 Å². The Morgan fingerprint density at radius 3 is 2.55 bits per heavy atom. The van der Waals surface area contributed by atoms with Gasteiger partial charge in [0.05, 0.1) is 6.54 Å². The molecule has 0 radical (unpaired) electrons. The highest BCUT2D eigenvalue weighted by Crippen LogP contribution is 2.39. The average Bonchev–Trinajstić information content (AvgIpc) is 3.46. The Morgan fingerprint density at radius 1 is 1.06 bits per heavy atom. The lowest BCUT2D eigenvalue weighted by Gasteiger charge is -2.22. The van der Waals surface area contributed by atoms with Crippen molar-refractivity contribution in [1.82, 2.24) is 29.0 Å². The van der Waals surface area contributed by atoms with Gasteiger partial charge in [-0.15, -0.1) is 0 Å². The Morgan fingerprint density at radius 2 is 1.84 bits per heavy atom. The van der Waals surface area contributed by atoms with Gasteiger partial charge in [0, 0.05) is 44.7 Å². The summed E-state index contributed by atoms with van der Waals surface area (Å²) < 4.78 is 4.38. The molecule has 5 rings (SSSR count). The van der Waals surface area contributed by atoms with Crippen molar-refractivity contribution in [2.45, 2.75) is 32.9 Å². The summed E-state index contributed by atoms with van der Waals surface area (Å²) in [5, 5.41) is 8.74. The van der Waals surface area contributed by atoms with Crippen molar-refractivity contribution in [3.63, 3.8) is 0 Å². The highest BCUT2D eigenvalue weighted by molar-refractivity contribution is 5.92. The number of amides is 1. The Bertz CT molecular complexity index is 1290. The third-order valence-corrected chi connectivity index (χ3v) is 6.35. The maximum Gasteiger partial charge on any atom is 0.332 e. The van der Waals surface area contributed by atoms with Gasteiger partial charge in [-0.2, -0.15) is 10.2 Å². The first kappa shape index (κ1) is 19.5. The Kier molecular flexibility index (Phi) is 4.42. The second kappa shape index (κ2) is 7.04. The summed E-state index contributed by atoms with van der Waals surface area (Å²) in [6, 6.07) is 9.53. The first-order chi connectivity index (χ1) is 14.8. The van der Waals surface area contributed by atoms with Crippen LogP contribution in [0.4, 0.5) is 0 Å². The minimum atomic E-state index is -0.610. The van der Waals surface area contributed by atoms with Gasteiger partial charge in [-0.25, -0.2) is 4.68 Å². The van der Waals surface area contributed by atoms with Gasteiger partial charge in [0.2, 0.25) is 0 Å². The number of hydrogen-bond donors (Lipinski definition) is 0. The van der Waals surface area contributed by atoms with Crippen LogP contribution in [-0.2, 0) is 26.6 Å². The van der Waals surface area contributed by atoms with Crippen LogP contribution < -0.4 is 11.1 Å². The molecule has 1 saturated heterocycles. The van der Waals surface area contributed by atoms with Gasteiger partial charge in [0.15, 0.2) is 0 Å². The zero-order valence-corrected chi connectivity index (χ0v) is 17.6. The van der Waals surface area contributed by atoms with Gasteiger partial charge in [0.1, 0.15) is 11.5 Å². The number of carbonyl (C=O) groups excluding carboxylic acids is 1. The normalized spacial score (nSPS) is 19.9. The van der Waals surface area contributed by atoms with E-state index in [4.69, 9.17) is 0 Å². The number of likely N-dealkylation sites (tertiary alicyclic amines) is 1. The van der Waals surface area contributed by atoms with Gasteiger partial charge in [-0.3, -0.25) is 23.6 Å². The molecular weight excluding hydrogens is 396 g/mol. The molecule has 160 valence electrons. The predicted octanol–water partition coefficient (Wildman–Crippen LogP) is 0.584. The molecule has 31 heavy (non-hydrogen) atoms. The second-order valence-electron chi connectivity index (χ2n) is 8.78.